The highest BCUT2D eigenvalue weighted by Crippen LogP contribution is 2.21. The third-order valence-corrected chi connectivity index (χ3v) is 2.01. The summed E-state index contributed by atoms with van der Waals surface area (Å²) >= 11 is 2.75. The summed E-state index contributed by atoms with van der Waals surface area (Å²) in [4.78, 5) is 0. The number of hydrogen-bond acceptors (Lipinski definition) is 2. The largest absolute Gasteiger partial charge is 0.323 e. The van der Waals surface area contributed by atoms with Crippen molar-refractivity contribution in [1.82, 2.24) is 0 Å². The second-order valence-electron chi connectivity index (χ2n) is 2.04. The van der Waals surface area contributed by atoms with Crippen molar-refractivity contribution in [3.8, 4) is 0 Å². The minimum Gasteiger partial charge on any atom is -0.323 e. The molecule has 2 N–H and O–H groups in total. The van der Waals surface area contributed by atoms with Crippen LogP contribution in [0.1, 0.15) is 5.56 Å². The molecule has 0 aliphatic rings. The maximum atomic E-state index is 13.0. The molecule has 0 spiro atoms. The number of rotatable bonds is 1. The third kappa shape index (κ3) is 1.61. The molecule has 1 rings (SSSR count). The second-order valence-corrected chi connectivity index (χ2v) is 2.84. The SMILES string of the molecule is N/N=C/c1ccc(F)c(Br)c1F. The molecular formula is C7H5BrF2N2. The van der Waals surface area contributed by atoms with Gasteiger partial charge in [0.05, 0.1) is 10.7 Å². The van der Waals surface area contributed by atoms with E-state index in [-0.39, 0.29) is 10.0 Å². The molecule has 0 amide bonds. The van der Waals surface area contributed by atoms with Gasteiger partial charge in [-0.25, -0.2) is 8.78 Å². The molecule has 0 aromatic heterocycles. The number of halogens is 3. The van der Waals surface area contributed by atoms with Gasteiger partial charge in [0.15, 0.2) is 0 Å². The first kappa shape index (κ1) is 9.12. The smallest absolute Gasteiger partial charge is 0.149 e. The van der Waals surface area contributed by atoms with E-state index in [0.717, 1.165) is 12.3 Å². The van der Waals surface area contributed by atoms with E-state index < -0.39 is 11.6 Å². The summed E-state index contributed by atoms with van der Waals surface area (Å²) in [6, 6.07) is 2.38. The fraction of sp³-hybridized carbons (Fsp3) is 0. The lowest BCUT2D eigenvalue weighted by Gasteiger charge is -1.98. The quantitative estimate of drug-likeness (QED) is 0.344. The fourth-order valence-corrected chi connectivity index (χ4v) is 1.08. The van der Waals surface area contributed by atoms with Gasteiger partial charge in [0.25, 0.3) is 0 Å². The van der Waals surface area contributed by atoms with E-state index >= 15 is 0 Å². The Hall–Kier alpha value is -0.970. The Bertz CT molecular complexity index is 325. The first-order valence-corrected chi connectivity index (χ1v) is 3.83. The third-order valence-electron chi connectivity index (χ3n) is 1.28. The highest BCUT2D eigenvalue weighted by Gasteiger charge is 2.08. The monoisotopic (exact) mass is 234 g/mol. The lowest BCUT2D eigenvalue weighted by Crippen LogP contribution is -1.94. The van der Waals surface area contributed by atoms with Crippen LogP contribution in [0.4, 0.5) is 8.78 Å². The molecule has 0 bridgehead atoms. The van der Waals surface area contributed by atoms with Crippen LogP contribution in [0.15, 0.2) is 21.7 Å². The molecular weight excluding hydrogens is 230 g/mol. The van der Waals surface area contributed by atoms with Gasteiger partial charge in [-0.1, -0.05) is 0 Å². The zero-order valence-electron chi connectivity index (χ0n) is 5.89. The maximum absolute atomic E-state index is 13.0. The first-order valence-electron chi connectivity index (χ1n) is 3.03. The number of benzene rings is 1. The Balaban J connectivity index is 3.26. The molecule has 0 atom stereocenters. The van der Waals surface area contributed by atoms with Crippen LogP contribution in [-0.4, -0.2) is 6.21 Å². The van der Waals surface area contributed by atoms with Gasteiger partial charge in [0.1, 0.15) is 11.6 Å². The van der Waals surface area contributed by atoms with Crippen molar-refractivity contribution in [1.29, 1.82) is 0 Å². The zero-order chi connectivity index (χ0) is 9.14. The normalized spacial score (nSPS) is 10.9. The lowest BCUT2D eigenvalue weighted by molar-refractivity contribution is 0.570. The van der Waals surface area contributed by atoms with Crippen molar-refractivity contribution >= 4 is 22.1 Å². The molecule has 1 aromatic carbocycles. The van der Waals surface area contributed by atoms with Crippen LogP contribution >= 0.6 is 15.9 Å². The molecule has 1 aromatic rings. The average Bonchev–Trinajstić information content (AvgIpc) is 2.07. The van der Waals surface area contributed by atoms with Gasteiger partial charge in [-0.05, 0) is 28.1 Å². The first-order chi connectivity index (χ1) is 5.66. The fourth-order valence-electron chi connectivity index (χ4n) is 0.721. The summed E-state index contributed by atoms with van der Waals surface area (Å²) < 4.78 is 25.4. The van der Waals surface area contributed by atoms with E-state index in [4.69, 9.17) is 5.84 Å². The maximum Gasteiger partial charge on any atom is 0.149 e. The molecule has 5 heteroatoms. The molecule has 0 aliphatic carbocycles. The van der Waals surface area contributed by atoms with Gasteiger partial charge in [-0.2, -0.15) is 5.10 Å². The Labute approximate surface area is 76.2 Å². The Morgan fingerprint density at radius 1 is 1.42 bits per heavy atom. The van der Waals surface area contributed by atoms with Crippen LogP contribution in [0.2, 0.25) is 0 Å². The molecule has 0 heterocycles. The highest BCUT2D eigenvalue weighted by molar-refractivity contribution is 9.10. The van der Waals surface area contributed by atoms with Gasteiger partial charge in [-0.3, -0.25) is 0 Å². The van der Waals surface area contributed by atoms with Crippen molar-refractivity contribution in [2.45, 2.75) is 0 Å². The predicted molar refractivity (Wildman–Crippen MR) is 45.8 cm³/mol. The van der Waals surface area contributed by atoms with Gasteiger partial charge >= 0.3 is 0 Å². The molecule has 0 radical (unpaired) electrons. The second kappa shape index (κ2) is 3.62. The van der Waals surface area contributed by atoms with Crippen molar-refractivity contribution in [2.24, 2.45) is 10.9 Å². The van der Waals surface area contributed by atoms with E-state index in [0.29, 0.717) is 0 Å². The summed E-state index contributed by atoms with van der Waals surface area (Å²) in [6.07, 6.45) is 1.11. The van der Waals surface area contributed by atoms with Gasteiger partial charge in [0, 0.05) is 5.56 Å². The van der Waals surface area contributed by atoms with Crippen LogP contribution < -0.4 is 5.84 Å². The molecule has 0 saturated carbocycles. The molecule has 0 unspecified atom stereocenters. The van der Waals surface area contributed by atoms with Crippen LogP contribution in [-0.2, 0) is 0 Å². The molecule has 64 valence electrons. The lowest BCUT2D eigenvalue weighted by atomic mass is 10.2. The van der Waals surface area contributed by atoms with Crippen molar-refractivity contribution < 1.29 is 8.78 Å². The van der Waals surface area contributed by atoms with Crippen molar-refractivity contribution in [3.05, 3.63) is 33.8 Å². The van der Waals surface area contributed by atoms with Crippen molar-refractivity contribution in [3.63, 3.8) is 0 Å². The van der Waals surface area contributed by atoms with Crippen LogP contribution in [0.5, 0.6) is 0 Å². The highest BCUT2D eigenvalue weighted by atomic mass is 79.9. The summed E-state index contributed by atoms with van der Waals surface area (Å²) in [5.74, 6) is 3.46. The minimum atomic E-state index is -0.704. The molecule has 0 saturated heterocycles. The summed E-state index contributed by atoms with van der Waals surface area (Å²) in [5.41, 5.74) is 0.144. The standard InChI is InChI=1S/C7H5BrF2N2/c8-6-5(9)2-1-4(3-12-11)7(6)10/h1-3H,11H2/b12-3+. The number of nitrogens with two attached hydrogens (primary N) is 1. The average molecular weight is 235 g/mol. The van der Waals surface area contributed by atoms with Crippen LogP contribution in [0.3, 0.4) is 0 Å². The van der Waals surface area contributed by atoms with Gasteiger partial charge in [0.2, 0.25) is 0 Å². The number of hydrogen-bond donors (Lipinski definition) is 1. The summed E-state index contributed by atoms with van der Waals surface area (Å²) in [7, 11) is 0. The summed E-state index contributed by atoms with van der Waals surface area (Å²) in [5, 5.41) is 3.13. The van der Waals surface area contributed by atoms with Gasteiger partial charge < -0.3 is 5.84 Å². The van der Waals surface area contributed by atoms with E-state index in [9.17, 15) is 8.78 Å². The van der Waals surface area contributed by atoms with Crippen molar-refractivity contribution in [2.75, 3.05) is 0 Å². The van der Waals surface area contributed by atoms with E-state index in [1.807, 2.05) is 0 Å². The number of nitrogens with zero attached hydrogens (tertiary/aromatic N) is 1. The Kier molecular flexibility index (Phi) is 2.75. The minimum absolute atomic E-state index is 0.144. The van der Waals surface area contributed by atoms with Gasteiger partial charge in [-0.15, -0.1) is 0 Å². The topological polar surface area (TPSA) is 38.4 Å². The molecule has 0 aliphatic heterocycles. The molecule has 12 heavy (non-hydrogen) atoms. The van der Waals surface area contributed by atoms with E-state index in [1.165, 1.54) is 6.07 Å². The summed E-state index contributed by atoms with van der Waals surface area (Å²) in [6.45, 7) is 0. The number of hydrazone groups is 1. The zero-order valence-corrected chi connectivity index (χ0v) is 7.48. The Morgan fingerprint density at radius 2 is 2.08 bits per heavy atom. The van der Waals surface area contributed by atoms with E-state index in [2.05, 4.69) is 21.0 Å². The molecule has 0 fully saturated rings. The Morgan fingerprint density at radius 3 is 2.67 bits per heavy atom. The van der Waals surface area contributed by atoms with Crippen LogP contribution in [0.25, 0.3) is 0 Å². The molecule has 2 nitrogen and oxygen atoms in total. The predicted octanol–water partition coefficient (Wildman–Crippen LogP) is 2.02. The van der Waals surface area contributed by atoms with E-state index in [1.54, 1.807) is 0 Å². The van der Waals surface area contributed by atoms with Crippen LogP contribution in [0, 0.1) is 11.6 Å².